The first-order valence-corrected chi connectivity index (χ1v) is 12.6. The predicted molar refractivity (Wildman–Crippen MR) is 131 cm³/mol. The minimum Gasteiger partial charge on any atom is -0.497 e. The van der Waals surface area contributed by atoms with Crippen molar-refractivity contribution in [2.24, 2.45) is 13.0 Å². The van der Waals surface area contributed by atoms with Crippen molar-refractivity contribution in [1.82, 2.24) is 39.6 Å². The van der Waals surface area contributed by atoms with E-state index in [0.29, 0.717) is 24.7 Å². The number of aromatic nitrogens is 7. The molecule has 10 nitrogen and oxygen atoms in total. The number of hydrogen-bond acceptors (Lipinski definition) is 6. The van der Waals surface area contributed by atoms with Gasteiger partial charge in [-0.25, -0.2) is 0 Å². The summed E-state index contributed by atoms with van der Waals surface area (Å²) in [5, 5.41) is 21.0. The zero-order valence-electron chi connectivity index (χ0n) is 20.5. The van der Waals surface area contributed by atoms with Crippen LogP contribution in [-0.2, 0) is 39.4 Å². The molecule has 1 fully saturated rings. The highest BCUT2D eigenvalue weighted by molar-refractivity contribution is 5.96. The van der Waals surface area contributed by atoms with Gasteiger partial charge in [-0.1, -0.05) is 0 Å². The maximum atomic E-state index is 13.8. The highest BCUT2D eigenvalue weighted by Crippen LogP contribution is 2.37. The summed E-state index contributed by atoms with van der Waals surface area (Å²) >= 11 is 0. The maximum Gasteiger partial charge on any atom is 0.272 e. The Morgan fingerprint density at radius 1 is 1.17 bits per heavy atom. The van der Waals surface area contributed by atoms with Crippen LogP contribution in [0.1, 0.15) is 45.7 Å². The van der Waals surface area contributed by atoms with Crippen LogP contribution in [0.4, 0.5) is 0 Å². The van der Waals surface area contributed by atoms with Gasteiger partial charge in [0.2, 0.25) is 0 Å². The van der Waals surface area contributed by atoms with E-state index in [0.717, 1.165) is 71.2 Å². The molecule has 4 aromatic rings. The second-order valence-electron chi connectivity index (χ2n) is 10.1. The third kappa shape index (κ3) is 3.35. The van der Waals surface area contributed by atoms with E-state index in [1.54, 1.807) is 13.4 Å². The third-order valence-electron chi connectivity index (χ3n) is 7.80. The highest BCUT2D eigenvalue weighted by Gasteiger charge is 2.33. The summed E-state index contributed by atoms with van der Waals surface area (Å²) in [6.45, 7) is 2.06. The Kier molecular flexibility index (Phi) is 4.77. The molecule has 7 rings (SSSR count). The van der Waals surface area contributed by atoms with Crippen LogP contribution in [0.5, 0.6) is 5.75 Å². The van der Waals surface area contributed by atoms with Crippen LogP contribution in [0.15, 0.2) is 24.5 Å². The number of benzene rings is 1. The lowest BCUT2D eigenvalue weighted by Crippen LogP contribution is -2.37. The van der Waals surface area contributed by atoms with Crippen molar-refractivity contribution in [3.8, 4) is 28.5 Å². The second kappa shape index (κ2) is 8.04. The molecule has 1 N–H and O–H groups in total. The van der Waals surface area contributed by atoms with Gasteiger partial charge in [-0.15, -0.1) is 10.2 Å². The number of carbonyl (C=O) groups excluding carboxylic acids is 1. The highest BCUT2D eigenvalue weighted by atomic mass is 16.5. The summed E-state index contributed by atoms with van der Waals surface area (Å²) in [7, 11) is 3.65. The number of aryl methyl sites for hydroxylation is 2. The Morgan fingerprint density at radius 3 is 2.89 bits per heavy atom. The topological polar surface area (TPSA) is 107 Å². The van der Waals surface area contributed by atoms with Crippen LogP contribution in [0.3, 0.4) is 0 Å². The van der Waals surface area contributed by atoms with Crippen molar-refractivity contribution in [3.05, 3.63) is 52.6 Å². The fraction of sp³-hybridized carbons (Fsp3) is 0.423. The summed E-state index contributed by atoms with van der Waals surface area (Å²) in [4.78, 5) is 15.7. The van der Waals surface area contributed by atoms with Gasteiger partial charge in [0.1, 0.15) is 23.5 Å². The molecular formula is C26H28N8O2. The van der Waals surface area contributed by atoms with E-state index >= 15 is 0 Å². The normalized spacial score (nSPS) is 16.4. The SMILES string of the molecule is COc1ccc2c(c1)CCc1c-2n[nH]c1C(=O)N1CCc2c(c(-c3nncn3CC3CC3)nn2C)C1. The summed E-state index contributed by atoms with van der Waals surface area (Å²) in [6.07, 6.45) is 6.69. The molecule has 3 aromatic heterocycles. The molecule has 0 atom stereocenters. The Hall–Kier alpha value is -3.95. The van der Waals surface area contributed by atoms with Crippen molar-refractivity contribution >= 4 is 5.91 Å². The van der Waals surface area contributed by atoms with Crippen molar-refractivity contribution in [2.75, 3.05) is 13.7 Å². The van der Waals surface area contributed by atoms with Crippen molar-refractivity contribution in [1.29, 1.82) is 0 Å². The van der Waals surface area contributed by atoms with Gasteiger partial charge in [0, 0.05) is 48.9 Å². The zero-order chi connectivity index (χ0) is 24.4. The van der Waals surface area contributed by atoms with Crippen LogP contribution < -0.4 is 4.74 Å². The molecule has 36 heavy (non-hydrogen) atoms. The number of fused-ring (bicyclic) bond motifs is 4. The number of methoxy groups -OCH3 is 1. The molecule has 1 saturated carbocycles. The van der Waals surface area contributed by atoms with Crippen LogP contribution >= 0.6 is 0 Å². The predicted octanol–water partition coefficient (Wildman–Crippen LogP) is 2.78. The Labute approximate surface area is 208 Å². The number of carbonyl (C=O) groups is 1. The number of nitrogens with zero attached hydrogens (tertiary/aromatic N) is 7. The Balaban J connectivity index is 1.19. The first kappa shape index (κ1) is 21.3. The van der Waals surface area contributed by atoms with Crippen LogP contribution in [0, 0.1) is 5.92 Å². The van der Waals surface area contributed by atoms with Gasteiger partial charge in [0.15, 0.2) is 5.82 Å². The first-order valence-electron chi connectivity index (χ1n) is 12.6. The van der Waals surface area contributed by atoms with Crippen LogP contribution in [0.25, 0.3) is 22.8 Å². The monoisotopic (exact) mass is 484 g/mol. The molecule has 1 aliphatic heterocycles. The molecule has 0 radical (unpaired) electrons. The molecule has 184 valence electrons. The summed E-state index contributed by atoms with van der Waals surface area (Å²) < 4.78 is 9.43. The molecule has 10 heteroatoms. The number of hydrogen-bond donors (Lipinski definition) is 1. The summed E-state index contributed by atoms with van der Waals surface area (Å²) in [5.74, 6) is 2.32. The number of amides is 1. The molecule has 0 saturated heterocycles. The number of aromatic amines is 1. The first-order chi connectivity index (χ1) is 17.6. The molecular weight excluding hydrogens is 456 g/mol. The molecule has 1 aromatic carbocycles. The maximum absolute atomic E-state index is 13.8. The third-order valence-corrected chi connectivity index (χ3v) is 7.80. The van der Waals surface area contributed by atoms with Crippen molar-refractivity contribution in [2.45, 2.75) is 45.2 Å². The van der Waals surface area contributed by atoms with E-state index in [-0.39, 0.29) is 5.91 Å². The summed E-state index contributed by atoms with van der Waals surface area (Å²) in [6, 6.07) is 6.04. The standard InChI is InChI=1S/C26H28N8O2/c1-32-21-9-10-33(13-20(21)23(31-32)25-30-27-14-34(25)12-15-3-4-15)26(35)24-19-7-5-16-11-17(36-2)6-8-18(16)22(19)28-29-24/h6,8,11,14-15H,3-5,7,9-10,12-13H2,1-2H3,(H,28,29). The smallest absolute Gasteiger partial charge is 0.272 e. The molecule has 0 spiro atoms. The molecule has 2 aliphatic carbocycles. The average molecular weight is 485 g/mol. The average Bonchev–Trinajstić information content (AvgIpc) is 3.29. The van der Waals surface area contributed by atoms with Gasteiger partial charge in [-0.2, -0.15) is 10.2 Å². The number of nitrogens with one attached hydrogen (secondary N) is 1. The van der Waals surface area contributed by atoms with Gasteiger partial charge < -0.3 is 14.2 Å². The number of H-pyrrole nitrogens is 1. The van der Waals surface area contributed by atoms with E-state index in [2.05, 4.69) is 31.0 Å². The van der Waals surface area contributed by atoms with Gasteiger partial charge in [-0.3, -0.25) is 14.6 Å². The van der Waals surface area contributed by atoms with Crippen LogP contribution in [-0.4, -0.2) is 59.2 Å². The fourth-order valence-corrected chi connectivity index (χ4v) is 5.66. The van der Waals surface area contributed by atoms with Crippen LogP contribution in [0.2, 0.25) is 0 Å². The van der Waals surface area contributed by atoms with E-state index in [4.69, 9.17) is 9.84 Å². The van der Waals surface area contributed by atoms with Gasteiger partial charge in [0.05, 0.1) is 19.3 Å². The Bertz CT molecular complexity index is 1490. The molecule has 0 bridgehead atoms. The lowest BCUT2D eigenvalue weighted by atomic mass is 9.88. The Morgan fingerprint density at radius 2 is 2.06 bits per heavy atom. The second-order valence-corrected chi connectivity index (χ2v) is 10.1. The van der Waals surface area contributed by atoms with Crippen molar-refractivity contribution in [3.63, 3.8) is 0 Å². The van der Waals surface area contributed by atoms with E-state index in [9.17, 15) is 4.79 Å². The van der Waals surface area contributed by atoms with Gasteiger partial charge >= 0.3 is 0 Å². The molecule has 0 unspecified atom stereocenters. The summed E-state index contributed by atoms with van der Waals surface area (Å²) in [5.41, 5.74) is 7.78. The lowest BCUT2D eigenvalue weighted by Gasteiger charge is -2.28. The van der Waals surface area contributed by atoms with E-state index < -0.39 is 0 Å². The minimum absolute atomic E-state index is 0.0133. The van der Waals surface area contributed by atoms with Gasteiger partial charge in [0.25, 0.3) is 5.91 Å². The van der Waals surface area contributed by atoms with Crippen molar-refractivity contribution < 1.29 is 9.53 Å². The fourth-order valence-electron chi connectivity index (χ4n) is 5.66. The molecule has 3 aliphatic rings. The van der Waals surface area contributed by atoms with Gasteiger partial charge in [-0.05, 0) is 55.4 Å². The zero-order valence-corrected chi connectivity index (χ0v) is 20.5. The van der Waals surface area contributed by atoms with E-state index in [1.807, 2.05) is 28.8 Å². The number of ether oxygens (including phenoxy) is 1. The minimum atomic E-state index is -0.0133. The molecule has 4 heterocycles. The quantitative estimate of drug-likeness (QED) is 0.467. The number of rotatable bonds is 5. The van der Waals surface area contributed by atoms with E-state index in [1.165, 1.54) is 18.4 Å². The lowest BCUT2D eigenvalue weighted by molar-refractivity contribution is 0.0726. The molecule has 1 amide bonds. The largest absolute Gasteiger partial charge is 0.497 e.